The van der Waals surface area contributed by atoms with Gasteiger partial charge in [0.25, 0.3) is 0 Å². The zero-order chi connectivity index (χ0) is 13.8. The van der Waals surface area contributed by atoms with E-state index in [9.17, 15) is 13.2 Å². The minimum atomic E-state index is -2.98. The first kappa shape index (κ1) is 5.09. The molecule has 0 aliphatic rings. The molecule has 0 atom stereocenters. The molecule has 0 aliphatic heterocycles. The van der Waals surface area contributed by atoms with Gasteiger partial charge in [-0.15, -0.1) is 12.3 Å². The molecule has 0 aromatic heterocycles. The zero-order valence-corrected chi connectivity index (χ0v) is 6.37. The van der Waals surface area contributed by atoms with Crippen molar-refractivity contribution in [2.75, 3.05) is 0 Å². The Morgan fingerprint density at radius 1 is 1.42 bits per heavy atom. The summed E-state index contributed by atoms with van der Waals surface area (Å²) in [7, 11) is 0. The van der Waals surface area contributed by atoms with Gasteiger partial charge in [-0.1, -0.05) is 0 Å². The molecule has 0 aliphatic carbocycles. The molecule has 0 saturated heterocycles. The summed E-state index contributed by atoms with van der Waals surface area (Å²) in [5.41, 5.74) is -1.65. The van der Waals surface area contributed by atoms with Crippen LogP contribution in [-0.2, 0) is 6.50 Å². The van der Waals surface area contributed by atoms with E-state index in [-0.39, 0.29) is 0 Å². The molecule has 0 saturated carbocycles. The number of benzene rings is 1. The third-order valence-corrected chi connectivity index (χ3v) is 1.12. The fourth-order valence-electron chi connectivity index (χ4n) is 0.649. The molecule has 0 radical (unpaired) electrons. The first-order chi connectivity index (χ1) is 7.76. The number of rotatable bonds is 2. The highest BCUT2D eigenvalue weighted by Gasteiger charge is 2.08. The third kappa shape index (κ3) is 2.12. The average Bonchev–Trinajstić information content (AvgIpc) is 2.18. The SMILES string of the molecule is [2H]Cl.[2H][15N]([2H])C([2H])([2H])c1c(F)cc(F)cc1F. The van der Waals surface area contributed by atoms with E-state index in [1.807, 2.05) is 0 Å². The Kier molecular flexibility index (Phi) is 1.84. The molecule has 0 unspecified atom stereocenters. The molecular formula is C7H7ClF3N. The quantitative estimate of drug-likeness (QED) is 0.731. The molecule has 1 nitrogen and oxygen atoms in total. The highest BCUT2D eigenvalue weighted by molar-refractivity contribution is 5.85. The number of nitrogens with two attached hydrogens (primary N) is 1. The topological polar surface area (TPSA) is 26.0 Å². The van der Waals surface area contributed by atoms with Gasteiger partial charge in [0.15, 0.2) is 0 Å². The van der Waals surface area contributed by atoms with E-state index in [0.717, 1.165) is 0 Å². The van der Waals surface area contributed by atoms with Gasteiger partial charge in [0.1, 0.15) is 21.4 Å². The first-order valence-electron chi connectivity index (χ1n) is 4.97. The second-order valence-electron chi connectivity index (χ2n) is 1.86. The molecule has 1 aromatic rings. The standard InChI is InChI=1S/C7H6F3N.ClH/c8-4-1-6(9)5(3-11)7(10)2-4;/h1-2H,3,11H2;1H/i3D2,11+1;/hD3. The van der Waals surface area contributed by atoms with Crippen LogP contribution in [0.3, 0.4) is 0 Å². The summed E-state index contributed by atoms with van der Waals surface area (Å²) in [6, 6.07) is 0.583. The van der Waals surface area contributed by atoms with Crippen LogP contribution < -0.4 is 5.72 Å². The second-order valence-corrected chi connectivity index (χ2v) is 1.86. The Hall–Kier alpha value is -0.740. The van der Waals surface area contributed by atoms with E-state index in [0.29, 0.717) is 12.1 Å². The van der Waals surface area contributed by atoms with Gasteiger partial charge in [0.2, 0.25) is 0 Å². The summed E-state index contributed by atoms with van der Waals surface area (Å²) in [4.78, 5) is 0. The van der Waals surface area contributed by atoms with Crippen molar-refractivity contribution in [1.82, 2.24) is 0 Å². The third-order valence-electron chi connectivity index (χ3n) is 1.12. The van der Waals surface area contributed by atoms with Crippen LogP contribution >= 0.6 is 12.3 Å². The molecule has 0 bridgehead atoms. The van der Waals surface area contributed by atoms with Gasteiger partial charge in [-0.25, -0.2) is 13.2 Å². The lowest BCUT2D eigenvalue weighted by Gasteiger charge is -2.00. The second kappa shape index (κ2) is 4.33. The van der Waals surface area contributed by atoms with Crippen molar-refractivity contribution in [3.63, 3.8) is 0 Å². The van der Waals surface area contributed by atoms with Crippen molar-refractivity contribution < 1.29 is 18.7 Å². The van der Waals surface area contributed by atoms with Gasteiger partial charge in [-0.05, 0) is 0 Å². The van der Waals surface area contributed by atoms with Crippen LogP contribution in [0, 0.1) is 17.5 Å². The van der Waals surface area contributed by atoms with Crippen molar-refractivity contribution >= 4 is 12.3 Å². The maximum Gasteiger partial charge on any atom is 0.147 e. The molecule has 2 N–H and O–H groups in total. The van der Waals surface area contributed by atoms with Crippen LogP contribution in [0.25, 0.3) is 0 Å². The fourth-order valence-corrected chi connectivity index (χ4v) is 0.649. The molecule has 0 spiro atoms. The Bertz CT molecular complexity index is 367. The van der Waals surface area contributed by atoms with Crippen LogP contribution in [0.5, 0.6) is 0 Å². The normalized spacial score (nSPS) is 16.2. The van der Waals surface area contributed by atoms with Gasteiger partial charge in [-0.2, -0.15) is 0 Å². The summed E-state index contributed by atoms with van der Waals surface area (Å²) in [6.07, 6.45) is 0. The Morgan fingerprint density at radius 3 is 2.33 bits per heavy atom. The number of halogens is 4. The summed E-state index contributed by atoms with van der Waals surface area (Å²) in [6.45, 7) is -2.98. The van der Waals surface area contributed by atoms with Gasteiger partial charge >= 0.3 is 0 Å². The first-order valence-corrected chi connectivity index (χ1v) is 2.70. The van der Waals surface area contributed by atoms with E-state index in [1.165, 1.54) is 0 Å². The Labute approximate surface area is 80.7 Å². The van der Waals surface area contributed by atoms with Crippen LogP contribution in [0.1, 0.15) is 8.30 Å². The van der Waals surface area contributed by atoms with Crippen molar-refractivity contribution in [2.45, 2.75) is 6.50 Å². The molecule has 1 rings (SSSR count). The predicted octanol–water partition coefficient (Wildman–Crippen LogP) is 1.98. The van der Waals surface area contributed by atoms with Gasteiger partial charge in [-0.3, -0.25) is 0 Å². The molecule has 5 heteroatoms. The summed E-state index contributed by atoms with van der Waals surface area (Å²) >= 11 is 3.89. The van der Waals surface area contributed by atoms with E-state index >= 15 is 0 Å². The summed E-state index contributed by atoms with van der Waals surface area (Å²) in [5, 5.41) is 0. The van der Waals surface area contributed by atoms with Crippen LogP contribution in [0.4, 0.5) is 13.2 Å². The number of hydrogen-bond donors (Lipinski definition) is 1. The highest BCUT2D eigenvalue weighted by Crippen LogP contribution is 2.13. The summed E-state index contributed by atoms with van der Waals surface area (Å²) in [5.74, 6) is -4.13. The molecular weight excluding hydrogens is 192 g/mol. The van der Waals surface area contributed by atoms with Gasteiger partial charge < -0.3 is 5.72 Å². The molecule has 0 heterocycles. The van der Waals surface area contributed by atoms with E-state index < -0.39 is 35.2 Å². The Balaban J connectivity index is 0.00000121. The van der Waals surface area contributed by atoms with E-state index in [4.69, 9.17) is 6.74 Å². The minimum absolute atomic E-state index is 0.291. The van der Waals surface area contributed by atoms with Crippen molar-refractivity contribution in [3.8, 4) is 0 Å². The van der Waals surface area contributed by atoms with Gasteiger partial charge in [0, 0.05) is 26.9 Å². The smallest absolute Gasteiger partial charge is 0.147 e. The zero-order valence-electron chi connectivity index (χ0n) is 10.6. The largest absolute Gasteiger partial charge is 0.326 e. The van der Waals surface area contributed by atoms with E-state index in [2.05, 4.69) is 12.3 Å². The maximum atomic E-state index is 13.1. The number of hydrogen-bond acceptors (Lipinski definition) is 1. The van der Waals surface area contributed by atoms with Crippen molar-refractivity contribution in [2.24, 2.45) is 5.72 Å². The monoisotopic (exact) mass is 203 g/mol. The van der Waals surface area contributed by atoms with Crippen molar-refractivity contribution in [1.29, 1.82) is 1.17 Å². The van der Waals surface area contributed by atoms with Crippen molar-refractivity contribution in [3.05, 3.63) is 35.1 Å². The van der Waals surface area contributed by atoms with Crippen LogP contribution in [0.15, 0.2) is 12.1 Å². The molecule has 12 heavy (non-hydrogen) atoms. The lowest BCUT2D eigenvalue weighted by atomic mass is 10.2. The molecule has 1 aromatic carbocycles. The lowest BCUT2D eigenvalue weighted by Crippen LogP contribution is -2.03. The highest BCUT2D eigenvalue weighted by atomic mass is 35.5. The summed E-state index contributed by atoms with van der Waals surface area (Å²) < 4.78 is 71.3. The van der Waals surface area contributed by atoms with E-state index in [1.54, 1.807) is 0 Å². The predicted molar refractivity (Wildman–Crippen MR) is 41.5 cm³/mol. The van der Waals surface area contributed by atoms with Crippen LogP contribution in [-0.4, -0.2) is 1.17 Å². The van der Waals surface area contributed by atoms with Crippen LogP contribution in [0.2, 0.25) is 2.82 Å². The molecule has 0 fully saturated rings. The minimum Gasteiger partial charge on any atom is -0.326 e. The Morgan fingerprint density at radius 2 is 1.92 bits per heavy atom. The average molecular weight is 204 g/mol. The molecule has 0 amide bonds. The maximum absolute atomic E-state index is 13.1. The fraction of sp³-hybridized carbons (Fsp3) is 0.143. The lowest BCUT2D eigenvalue weighted by molar-refractivity contribution is 0.524. The molecule has 68 valence electrons. The van der Waals surface area contributed by atoms with Gasteiger partial charge in [0.05, 0.1) is 0 Å².